The number of aromatic nitrogens is 4. The van der Waals surface area contributed by atoms with Crippen LogP contribution in [0, 0.1) is 12.7 Å². The van der Waals surface area contributed by atoms with Crippen molar-refractivity contribution in [1.82, 2.24) is 19.9 Å². The van der Waals surface area contributed by atoms with E-state index in [4.69, 9.17) is 5.84 Å². The van der Waals surface area contributed by atoms with Gasteiger partial charge in [0.05, 0.1) is 11.4 Å². The van der Waals surface area contributed by atoms with E-state index in [1.54, 1.807) is 17.0 Å². The summed E-state index contributed by atoms with van der Waals surface area (Å²) in [7, 11) is 0. The van der Waals surface area contributed by atoms with Gasteiger partial charge in [-0.1, -0.05) is 23.9 Å². The fourth-order valence-electron chi connectivity index (χ4n) is 2.97. The van der Waals surface area contributed by atoms with Crippen LogP contribution in [0.3, 0.4) is 0 Å². The molecule has 2 N–H and O–H groups in total. The molecule has 0 saturated carbocycles. The van der Waals surface area contributed by atoms with Crippen LogP contribution in [0.5, 0.6) is 0 Å². The van der Waals surface area contributed by atoms with E-state index >= 15 is 0 Å². The third kappa shape index (κ3) is 4.59. The first-order valence-electron chi connectivity index (χ1n) is 9.33. The van der Waals surface area contributed by atoms with Gasteiger partial charge in [-0.25, -0.2) is 14.1 Å². The molecule has 0 atom stereocenters. The van der Waals surface area contributed by atoms with Gasteiger partial charge in [0.15, 0.2) is 11.0 Å². The lowest BCUT2D eigenvalue weighted by molar-refractivity contribution is -0.115. The molecule has 2 aromatic heterocycles. The molecule has 0 radical (unpaired) electrons. The Hall–Kier alpha value is -3.24. The number of aryl methyl sites for hydroxylation is 1. The van der Waals surface area contributed by atoms with Crippen molar-refractivity contribution in [3.8, 4) is 11.4 Å². The Balaban J connectivity index is 1.49. The second-order valence-electron chi connectivity index (χ2n) is 6.79. The topological polar surface area (TPSA) is 89.9 Å². The highest BCUT2D eigenvalue weighted by atomic mass is 32.2. The highest BCUT2D eigenvalue weighted by molar-refractivity contribution is 7.98. The predicted molar refractivity (Wildman–Crippen MR) is 121 cm³/mol. The number of nitrogen functional groups attached to an aromatic ring is 1. The number of rotatable bonds is 6. The summed E-state index contributed by atoms with van der Waals surface area (Å²) < 4.78 is 14.5. The molecule has 0 fully saturated rings. The van der Waals surface area contributed by atoms with Gasteiger partial charge < -0.3 is 5.84 Å². The second-order valence-corrected chi connectivity index (χ2v) is 8.57. The molecule has 0 saturated heterocycles. The molecule has 158 valence electrons. The molecule has 0 bridgehead atoms. The summed E-state index contributed by atoms with van der Waals surface area (Å²) in [4.78, 5) is 18.5. The van der Waals surface area contributed by atoms with Gasteiger partial charge >= 0.3 is 0 Å². The number of benzene rings is 2. The van der Waals surface area contributed by atoms with E-state index in [9.17, 15) is 9.18 Å². The number of hydrogen-bond donors (Lipinski definition) is 1. The Morgan fingerprint density at radius 2 is 2.00 bits per heavy atom. The van der Waals surface area contributed by atoms with Crippen LogP contribution < -0.4 is 10.7 Å². The second kappa shape index (κ2) is 8.86. The maximum atomic E-state index is 13.1. The minimum atomic E-state index is -0.328. The van der Waals surface area contributed by atoms with Gasteiger partial charge in [-0.2, -0.15) is 0 Å². The number of carbonyl (C=O) groups excluding carboxylic acids is 1. The number of thiazole rings is 1. The molecule has 0 unspecified atom stereocenters. The van der Waals surface area contributed by atoms with Crippen LogP contribution in [0.15, 0.2) is 59.1 Å². The van der Waals surface area contributed by atoms with Crippen LogP contribution in [-0.4, -0.2) is 25.8 Å². The Morgan fingerprint density at radius 3 is 2.71 bits per heavy atom. The van der Waals surface area contributed by atoms with E-state index in [1.807, 2.05) is 36.6 Å². The lowest BCUT2D eigenvalue weighted by Crippen LogP contribution is -2.22. The first-order valence-corrected chi connectivity index (χ1v) is 11.2. The normalized spacial score (nSPS) is 10.9. The van der Waals surface area contributed by atoms with Crippen LogP contribution in [0.2, 0.25) is 0 Å². The predicted octanol–water partition coefficient (Wildman–Crippen LogP) is 4.54. The summed E-state index contributed by atoms with van der Waals surface area (Å²) >= 11 is 2.78. The van der Waals surface area contributed by atoms with Gasteiger partial charge in [-0.15, -0.1) is 21.5 Å². The van der Waals surface area contributed by atoms with Crippen LogP contribution in [0.1, 0.15) is 18.2 Å². The van der Waals surface area contributed by atoms with E-state index in [1.165, 1.54) is 46.8 Å². The fraction of sp³-hybridized carbons (Fsp3) is 0.143. The third-order valence-corrected chi connectivity index (χ3v) is 6.27. The lowest BCUT2D eigenvalue weighted by atomic mass is 10.2. The number of anilines is 2. The van der Waals surface area contributed by atoms with E-state index < -0.39 is 0 Å². The summed E-state index contributed by atoms with van der Waals surface area (Å²) in [5, 5.41) is 11.3. The molecule has 4 rings (SSSR count). The number of nitrogens with zero attached hydrogens (tertiary/aromatic N) is 5. The van der Waals surface area contributed by atoms with Crippen molar-refractivity contribution in [2.75, 3.05) is 10.7 Å². The summed E-state index contributed by atoms with van der Waals surface area (Å²) in [6, 6.07) is 13.6. The van der Waals surface area contributed by atoms with Gasteiger partial charge in [0, 0.05) is 23.6 Å². The Labute approximate surface area is 186 Å². The smallest absolute Gasteiger partial charge is 0.230 e. The van der Waals surface area contributed by atoms with Crippen LogP contribution in [0.25, 0.3) is 11.4 Å². The van der Waals surface area contributed by atoms with Gasteiger partial charge in [0.1, 0.15) is 5.82 Å². The number of nitrogens with two attached hydrogens (primary N) is 1. The molecule has 2 heterocycles. The van der Waals surface area contributed by atoms with Gasteiger partial charge in [0.25, 0.3) is 0 Å². The lowest BCUT2D eigenvalue weighted by Gasteiger charge is -2.18. The highest BCUT2D eigenvalue weighted by Gasteiger charge is 2.19. The van der Waals surface area contributed by atoms with Crippen molar-refractivity contribution in [1.29, 1.82) is 0 Å². The van der Waals surface area contributed by atoms with Crippen molar-refractivity contribution < 1.29 is 9.18 Å². The van der Waals surface area contributed by atoms with E-state index in [2.05, 4.69) is 15.2 Å². The van der Waals surface area contributed by atoms with Crippen molar-refractivity contribution >= 4 is 39.8 Å². The van der Waals surface area contributed by atoms with Crippen LogP contribution >= 0.6 is 23.1 Å². The monoisotopic (exact) mass is 454 g/mol. The first kappa shape index (κ1) is 21.0. The van der Waals surface area contributed by atoms with E-state index in [0.717, 1.165) is 16.9 Å². The molecule has 1 amide bonds. The van der Waals surface area contributed by atoms with Crippen LogP contribution in [-0.2, 0) is 10.5 Å². The average molecular weight is 455 g/mol. The summed E-state index contributed by atoms with van der Waals surface area (Å²) in [5.74, 6) is 6.65. The van der Waals surface area contributed by atoms with Crippen molar-refractivity contribution in [3.05, 3.63) is 71.0 Å². The van der Waals surface area contributed by atoms with E-state index in [-0.39, 0.29) is 11.7 Å². The zero-order valence-electron chi connectivity index (χ0n) is 16.8. The molecule has 0 aliphatic carbocycles. The molecule has 0 aliphatic rings. The number of hydrogen-bond acceptors (Lipinski definition) is 7. The summed E-state index contributed by atoms with van der Waals surface area (Å²) in [6.07, 6.45) is 0. The molecule has 31 heavy (non-hydrogen) atoms. The molecule has 4 aromatic rings. The number of halogens is 1. The zero-order chi connectivity index (χ0) is 22.0. The van der Waals surface area contributed by atoms with Crippen molar-refractivity contribution in [2.24, 2.45) is 0 Å². The highest BCUT2D eigenvalue weighted by Crippen LogP contribution is 2.31. The average Bonchev–Trinajstić information content (AvgIpc) is 3.34. The standard InChI is InChI=1S/C21H19FN6OS2/c1-13-4-3-5-18(10-13)27(14(2)29)20-24-17(11-30-20)12-31-21-26-25-19(28(21)23)15-6-8-16(22)9-7-15/h3-11H,12,23H2,1-2H3. The first-order chi connectivity index (χ1) is 14.9. The largest absolute Gasteiger partial charge is 0.335 e. The fourth-order valence-corrected chi connectivity index (χ4v) is 4.71. The molecule has 2 aromatic carbocycles. The maximum Gasteiger partial charge on any atom is 0.230 e. The molecule has 7 nitrogen and oxygen atoms in total. The SMILES string of the molecule is CC(=O)N(c1cccc(C)c1)c1nc(CSc2nnc(-c3ccc(F)cc3)n2N)cs1. The van der Waals surface area contributed by atoms with Gasteiger partial charge in [-0.3, -0.25) is 9.69 Å². The van der Waals surface area contributed by atoms with Crippen LogP contribution in [0.4, 0.5) is 15.2 Å². The Morgan fingerprint density at radius 1 is 1.23 bits per heavy atom. The minimum absolute atomic E-state index is 0.107. The van der Waals surface area contributed by atoms with Crippen molar-refractivity contribution in [2.45, 2.75) is 24.8 Å². The Bertz CT molecular complexity index is 1220. The quantitative estimate of drug-likeness (QED) is 0.340. The maximum absolute atomic E-state index is 13.1. The summed E-state index contributed by atoms with van der Waals surface area (Å²) in [5.41, 5.74) is 3.33. The third-order valence-electron chi connectivity index (χ3n) is 4.42. The Kier molecular flexibility index (Phi) is 6.01. The summed E-state index contributed by atoms with van der Waals surface area (Å²) in [6.45, 7) is 3.50. The number of thioether (sulfide) groups is 1. The zero-order valence-corrected chi connectivity index (χ0v) is 18.5. The molecular formula is C21H19FN6OS2. The van der Waals surface area contributed by atoms with Crippen molar-refractivity contribution in [3.63, 3.8) is 0 Å². The number of carbonyl (C=O) groups is 1. The molecule has 10 heteroatoms. The minimum Gasteiger partial charge on any atom is -0.335 e. The van der Waals surface area contributed by atoms with Gasteiger partial charge in [0.2, 0.25) is 11.1 Å². The molecular weight excluding hydrogens is 435 g/mol. The van der Waals surface area contributed by atoms with Gasteiger partial charge in [-0.05, 0) is 48.9 Å². The molecule has 0 aliphatic heterocycles. The molecule has 0 spiro atoms. The van der Waals surface area contributed by atoms with E-state index in [0.29, 0.717) is 27.4 Å². The number of amides is 1.